The van der Waals surface area contributed by atoms with Gasteiger partial charge in [0.1, 0.15) is 10.1 Å². The van der Waals surface area contributed by atoms with Crippen LogP contribution in [0.1, 0.15) is 119 Å². The number of hydrogen-bond acceptors (Lipinski definition) is 3. The molecule has 30 heavy (non-hydrogen) atoms. The van der Waals surface area contributed by atoms with Gasteiger partial charge in [-0.15, -0.1) is 0 Å². The topological polar surface area (TPSA) is 57.2 Å². The van der Waals surface area contributed by atoms with Crippen molar-refractivity contribution in [1.29, 1.82) is 0 Å². The molecule has 5 heteroatoms. The Bertz CT molecular complexity index is 699. The van der Waals surface area contributed by atoms with E-state index in [0.29, 0.717) is 5.56 Å². The predicted octanol–water partition coefficient (Wildman–Crippen LogP) is 4.54. The van der Waals surface area contributed by atoms with Crippen LogP contribution in [0, 0.1) is 20.8 Å². The average Bonchev–Trinajstić information content (AvgIpc) is 2.67. The van der Waals surface area contributed by atoms with Gasteiger partial charge in [-0.1, -0.05) is 90.4 Å². The zero-order valence-corrected chi connectivity index (χ0v) is 23.1. The van der Waals surface area contributed by atoms with Gasteiger partial charge >= 0.3 is 29.6 Å². The first-order valence-electron chi connectivity index (χ1n) is 11.8. The normalized spacial score (nSPS) is 11.5. The molecule has 168 valence electrons. The third-order valence-electron chi connectivity index (χ3n) is 6.35. The Morgan fingerprint density at radius 3 is 1.47 bits per heavy atom. The molecule has 0 N–H and O–H groups in total. The van der Waals surface area contributed by atoms with E-state index in [2.05, 4.69) is 6.92 Å². The largest absolute Gasteiger partial charge is 1.00 e. The van der Waals surface area contributed by atoms with Crippen molar-refractivity contribution in [2.75, 3.05) is 0 Å². The summed E-state index contributed by atoms with van der Waals surface area (Å²) in [4.78, 5) is -0.0408. The SMILES string of the molecule is CCCCCCCCCCCCCCCCc1cc(S(=O)(=O)[O-])c(C)c(C)c1C.[Na+]. The van der Waals surface area contributed by atoms with E-state index in [4.69, 9.17) is 0 Å². The van der Waals surface area contributed by atoms with Gasteiger partial charge in [0.05, 0.1) is 4.90 Å². The van der Waals surface area contributed by atoms with E-state index in [0.717, 1.165) is 29.5 Å². The number of benzene rings is 1. The first-order valence-corrected chi connectivity index (χ1v) is 13.3. The maximum absolute atomic E-state index is 11.5. The summed E-state index contributed by atoms with van der Waals surface area (Å²) < 4.78 is 34.5. The summed E-state index contributed by atoms with van der Waals surface area (Å²) in [6, 6.07) is 1.61. The molecule has 1 aromatic carbocycles. The first kappa shape index (κ1) is 30.1. The molecule has 0 saturated heterocycles. The smallest absolute Gasteiger partial charge is 0.744 e. The molecule has 1 rings (SSSR count). The van der Waals surface area contributed by atoms with Crippen LogP contribution >= 0.6 is 0 Å². The second kappa shape index (κ2) is 16.7. The monoisotopic (exact) mass is 446 g/mol. The third-order valence-corrected chi connectivity index (χ3v) is 7.31. The molecule has 0 spiro atoms. The minimum Gasteiger partial charge on any atom is -0.744 e. The quantitative estimate of drug-likeness (QED) is 0.213. The Hall–Kier alpha value is 0.130. The van der Waals surface area contributed by atoms with E-state index in [1.54, 1.807) is 13.0 Å². The van der Waals surface area contributed by atoms with Crippen LogP contribution in [-0.2, 0) is 16.5 Å². The van der Waals surface area contributed by atoms with Crippen molar-refractivity contribution < 1.29 is 42.5 Å². The Morgan fingerprint density at radius 2 is 1.07 bits per heavy atom. The number of unbranched alkanes of at least 4 members (excludes halogenated alkanes) is 13. The molecule has 0 bridgehead atoms. The number of aryl methyl sites for hydroxylation is 1. The second-order valence-electron chi connectivity index (χ2n) is 8.71. The Balaban J connectivity index is 0.00000841. The Kier molecular flexibility index (Phi) is 16.8. The zero-order valence-electron chi connectivity index (χ0n) is 20.3. The molecule has 0 saturated carbocycles. The van der Waals surface area contributed by atoms with Gasteiger partial charge in [0.25, 0.3) is 0 Å². The summed E-state index contributed by atoms with van der Waals surface area (Å²) in [6.45, 7) is 7.93. The second-order valence-corrected chi connectivity index (χ2v) is 10.1. The Morgan fingerprint density at radius 1 is 0.667 bits per heavy atom. The van der Waals surface area contributed by atoms with Crippen LogP contribution in [0.25, 0.3) is 0 Å². The summed E-state index contributed by atoms with van der Waals surface area (Å²) in [5.74, 6) is 0. The van der Waals surface area contributed by atoms with Crippen molar-refractivity contribution in [3.8, 4) is 0 Å². The van der Waals surface area contributed by atoms with Crippen molar-refractivity contribution >= 4 is 10.1 Å². The first-order chi connectivity index (χ1) is 13.8. The van der Waals surface area contributed by atoms with Crippen LogP contribution in [0.4, 0.5) is 0 Å². The van der Waals surface area contributed by atoms with Crippen LogP contribution in [0.3, 0.4) is 0 Å². The molecule has 1 aromatic rings. The molecule has 0 heterocycles. The summed E-state index contributed by atoms with van der Waals surface area (Å²) in [5.41, 5.74) is 3.68. The fraction of sp³-hybridized carbons (Fsp3) is 0.760. The van der Waals surface area contributed by atoms with E-state index in [1.807, 2.05) is 13.8 Å². The summed E-state index contributed by atoms with van der Waals surface area (Å²) >= 11 is 0. The van der Waals surface area contributed by atoms with Crippen LogP contribution < -0.4 is 29.6 Å². The number of rotatable bonds is 16. The Labute approximate surface area is 208 Å². The molecule has 0 radical (unpaired) electrons. The van der Waals surface area contributed by atoms with Crippen molar-refractivity contribution in [3.05, 3.63) is 28.3 Å². The van der Waals surface area contributed by atoms with Gasteiger partial charge in [0.15, 0.2) is 0 Å². The molecular weight excluding hydrogens is 403 g/mol. The fourth-order valence-electron chi connectivity index (χ4n) is 4.11. The van der Waals surface area contributed by atoms with Crippen molar-refractivity contribution in [3.63, 3.8) is 0 Å². The standard InChI is InChI=1S/C25H44O3S.Na/c1-5-6-7-8-9-10-11-12-13-14-15-16-17-18-19-24-20-25(29(26,27)28)23(4)21(2)22(24)3;/h20H,5-19H2,1-4H3,(H,26,27,28);/q;+1/p-1. The molecule has 0 fully saturated rings. The third kappa shape index (κ3) is 11.7. The van der Waals surface area contributed by atoms with Gasteiger partial charge in [0.2, 0.25) is 0 Å². The molecular formula is C25H43NaO3S. The van der Waals surface area contributed by atoms with Crippen LogP contribution in [-0.4, -0.2) is 13.0 Å². The van der Waals surface area contributed by atoms with Crippen LogP contribution in [0.5, 0.6) is 0 Å². The average molecular weight is 447 g/mol. The molecule has 0 aliphatic heterocycles. The molecule has 0 aliphatic carbocycles. The van der Waals surface area contributed by atoms with Gasteiger partial charge in [0, 0.05) is 0 Å². The molecule has 0 aliphatic rings. The van der Waals surface area contributed by atoms with Crippen molar-refractivity contribution in [1.82, 2.24) is 0 Å². The van der Waals surface area contributed by atoms with Gasteiger partial charge < -0.3 is 4.55 Å². The molecule has 3 nitrogen and oxygen atoms in total. The minimum absolute atomic E-state index is 0. The summed E-state index contributed by atoms with van der Waals surface area (Å²) in [6.07, 6.45) is 19.4. The number of hydrogen-bond donors (Lipinski definition) is 0. The minimum atomic E-state index is -4.40. The zero-order chi connectivity index (χ0) is 21.7. The van der Waals surface area contributed by atoms with Crippen molar-refractivity contribution in [2.24, 2.45) is 0 Å². The summed E-state index contributed by atoms with van der Waals surface area (Å²) in [5, 5.41) is 0. The fourth-order valence-corrected chi connectivity index (χ4v) is 4.93. The van der Waals surface area contributed by atoms with Gasteiger partial charge in [-0.3, -0.25) is 0 Å². The molecule has 0 atom stereocenters. The van der Waals surface area contributed by atoms with E-state index in [9.17, 15) is 13.0 Å². The predicted molar refractivity (Wildman–Crippen MR) is 123 cm³/mol. The maximum atomic E-state index is 11.5. The van der Waals surface area contributed by atoms with Crippen molar-refractivity contribution in [2.45, 2.75) is 129 Å². The molecule has 0 unspecified atom stereocenters. The van der Waals surface area contributed by atoms with E-state index in [-0.39, 0.29) is 34.5 Å². The summed E-state index contributed by atoms with van der Waals surface area (Å²) in [7, 11) is -4.40. The van der Waals surface area contributed by atoms with Crippen LogP contribution in [0.15, 0.2) is 11.0 Å². The van der Waals surface area contributed by atoms with E-state index < -0.39 is 10.1 Å². The van der Waals surface area contributed by atoms with Gasteiger partial charge in [-0.05, 0) is 61.9 Å². The van der Waals surface area contributed by atoms with E-state index in [1.165, 1.54) is 83.5 Å². The van der Waals surface area contributed by atoms with E-state index >= 15 is 0 Å². The van der Waals surface area contributed by atoms with Crippen LogP contribution in [0.2, 0.25) is 0 Å². The van der Waals surface area contributed by atoms with Gasteiger partial charge in [-0.25, -0.2) is 8.42 Å². The maximum Gasteiger partial charge on any atom is 1.00 e. The van der Waals surface area contributed by atoms with Gasteiger partial charge in [-0.2, -0.15) is 0 Å². The molecule has 0 amide bonds. The molecule has 0 aromatic heterocycles.